The molecule has 0 spiro atoms. The van der Waals surface area contributed by atoms with Crippen LogP contribution in [0.5, 0.6) is 0 Å². The molecule has 0 unspecified atom stereocenters. The van der Waals surface area contributed by atoms with Crippen molar-refractivity contribution in [3.63, 3.8) is 0 Å². The quantitative estimate of drug-likeness (QED) is 0.759. The highest BCUT2D eigenvalue weighted by molar-refractivity contribution is 5.51. The van der Waals surface area contributed by atoms with Crippen LogP contribution in [0.4, 0.5) is 5.69 Å². The van der Waals surface area contributed by atoms with Gasteiger partial charge in [-0.2, -0.15) is 0 Å². The van der Waals surface area contributed by atoms with E-state index < -0.39 is 0 Å². The monoisotopic (exact) mass is 328 g/mol. The van der Waals surface area contributed by atoms with Gasteiger partial charge in [0.05, 0.1) is 0 Å². The Labute approximate surface area is 149 Å². The number of piperidine rings is 2. The van der Waals surface area contributed by atoms with Gasteiger partial charge >= 0.3 is 0 Å². The summed E-state index contributed by atoms with van der Waals surface area (Å²) in [5, 5.41) is 0. The molecule has 0 radical (unpaired) electrons. The van der Waals surface area contributed by atoms with Crippen molar-refractivity contribution in [1.29, 1.82) is 0 Å². The summed E-state index contributed by atoms with van der Waals surface area (Å²) in [5.41, 5.74) is 4.39. The summed E-state index contributed by atoms with van der Waals surface area (Å²) in [6, 6.07) is 7.05. The van der Waals surface area contributed by atoms with Crippen LogP contribution in [0, 0.1) is 18.8 Å². The maximum Gasteiger partial charge on any atom is 0.0369 e. The van der Waals surface area contributed by atoms with Crippen molar-refractivity contribution >= 4 is 5.69 Å². The predicted molar refractivity (Wildman–Crippen MR) is 105 cm³/mol. The Morgan fingerprint density at radius 2 is 1.58 bits per heavy atom. The Morgan fingerprint density at radius 1 is 0.917 bits per heavy atom. The predicted octanol–water partition coefficient (Wildman–Crippen LogP) is 4.90. The van der Waals surface area contributed by atoms with Crippen LogP contribution in [0.1, 0.15) is 57.1 Å². The average Bonchev–Trinajstić information content (AvgIpc) is 2.63. The molecule has 134 valence electrons. The zero-order valence-electron chi connectivity index (χ0n) is 16.1. The van der Waals surface area contributed by atoms with E-state index in [9.17, 15) is 0 Å². The first-order valence-electron chi connectivity index (χ1n) is 10.3. The molecule has 0 N–H and O–H groups in total. The van der Waals surface area contributed by atoms with Crippen molar-refractivity contribution in [2.45, 2.75) is 59.3 Å². The summed E-state index contributed by atoms with van der Waals surface area (Å²) in [6.07, 6.45) is 8.11. The topological polar surface area (TPSA) is 6.48 Å². The molecule has 0 aliphatic carbocycles. The molecule has 2 saturated heterocycles. The molecule has 0 amide bonds. The molecule has 3 rings (SSSR count). The lowest BCUT2D eigenvalue weighted by atomic mass is 9.91. The number of nitrogens with zero attached hydrogens (tertiary/aromatic N) is 2. The van der Waals surface area contributed by atoms with Crippen LogP contribution in [-0.4, -0.2) is 37.6 Å². The minimum atomic E-state index is 0.913. The van der Waals surface area contributed by atoms with Gasteiger partial charge in [0, 0.05) is 25.3 Å². The lowest BCUT2D eigenvalue weighted by Crippen LogP contribution is -2.41. The molecule has 0 saturated carbocycles. The maximum absolute atomic E-state index is 2.74. The SMILES string of the molecule is CCc1cc(N2CCC(CN3CCC(CC)CC3)CC2)ccc1C. The first kappa shape index (κ1) is 17.8. The summed E-state index contributed by atoms with van der Waals surface area (Å²) in [4.78, 5) is 5.35. The Hall–Kier alpha value is -1.02. The number of hydrogen-bond donors (Lipinski definition) is 0. The molecule has 2 aliphatic heterocycles. The fourth-order valence-corrected chi connectivity index (χ4v) is 4.55. The number of rotatable bonds is 5. The minimum absolute atomic E-state index is 0.913. The number of benzene rings is 1. The molecule has 2 heterocycles. The highest BCUT2D eigenvalue weighted by atomic mass is 15.2. The number of aryl methyl sites for hydroxylation is 2. The average molecular weight is 329 g/mol. The van der Waals surface area contributed by atoms with Crippen molar-refractivity contribution < 1.29 is 0 Å². The van der Waals surface area contributed by atoms with Crippen LogP contribution in [0.2, 0.25) is 0 Å². The zero-order valence-corrected chi connectivity index (χ0v) is 16.1. The first-order valence-corrected chi connectivity index (χ1v) is 10.3. The summed E-state index contributed by atoms with van der Waals surface area (Å²) in [6.45, 7) is 13.4. The second kappa shape index (κ2) is 8.38. The molecule has 0 aromatic heterocycles. The van der Waals surface area contributed by atoms with Crippen LogP contribution in [0.3, 0.4) is 0 Å². The number of hydrogen-bond acceptors (Lipinski definition) is 2. The van der Waals surface area contributed by atoms with Gasteiger partial charge in [0.2, 0.25) is 0 Å². The van der Waals surface area contributed by atoms with Gasteiger partial charge in [-0.25, -0.2) is 0 Å². The molecular weight excluding hydrogens is 292 g/mol. The molecule has 2 nitrogen and oxygen atoms in total. The van der Waals surface area contributed by atoms with Gasteiger partial charge in [-0.15, -0.1) is 0 Å². The molecule has 2 fully saturated rings. The van der Waals surface area contributed by atoms with E-state index in [4.69, 9.17) is 0 Å². The van der Waals surface area contributed by atoms with Gasteiger partial charge in [0.1, 0.15) is 0 Å². The van der Waals surface area contributed by atoms with Gasteiger partial charge in [-0.1, -0.05) is 26.3 Å². The van der Waals surface area contributed by atoms with Gasteiger partial charge < -0.3 is 9.80 Å². The largest absolute Gasteiger partial charge is 0.372 e. The lowest BCUT2D eigenvalue weighted by Gasteiger charge is -2.38. The first-order chi connectivity index (χ1) is 11.7. The van der Waals surface area contributed by atoms with Crippen LogP contribution < -0.4 is 4.90 Å². The second-order valence-electron chi connectivity index (χ2n) is 8.05. The van der Waals surface area contributed by atoms with Gasteiger partial charge in [-0.3, -0.25) is 0 Å². The van der Waals surface area contributed by atoms with Crippen molar-refractivity contribution in [3.8, 4) is 0 Å². The molecule has 0 bridgehead atoms. The van der Waals surface area contributed by atoms with E-state index in [0.29, 0.717) is 0 Å². The molecule has 0 atom stereocenters. The normalized spacial score (nSPS) is 21.4. The third-order valence-electron chi connectivity index (χ3n) is 6.49. The molecular formula is C22H36N2. The van der Waals surface area contributed by atoms with E-state index in [2.05, 4.69) is 48.8 Å². The Bertz CT molecular complexity index is 509. The lowest BCUT2D eigenvalue weighted by molar-refractivity contribution is 0.149. The van der Waals surface area contributed by atoms with Crippen LogP contribution in [0.25, 0.3) is 0 Å². The van der Waals surface area contributed by atoms with E-state index in [1.165, 1.54) is 81.6 Å². The van der Waals surface area contributed by atoms with Crippen molar-refractivity contribution in [1.82, 2.24) is 4.90 Å². The summed E-state index contributed by atoms with van der Waals surface area (Å²) < 4.78 is 0. The standard InChI is InChI=1S/C22H36N2/c1-4-19-8-12-23(13-9-19)17-20-10-14-24(15-11-20)22-7-6-18(3)21(5-2)16-22/h6-7,16,19-20H,4-5,8-15,17H2,1-3H3. The van der Waals surface area contributed by atoms with Crippen molar-refractivity contribution in [2.24, 2.45) is 11.8 Å². The van der Waals surface area contributed by atoms with E-state index in [-0.39, 0.29) is 0 Å². The summed E-state index contributed by atoms with van der Waals surface area (Å²) in [5.74, 6) is 1.91. The smallest absolute Gasteiger partial charge is 0.0369 e. The third kappa shape index (κ3) is 4.33. The van der Waals surface area contributed by atoms with E-state index >= 15 is 0 Å². The molecule has 1 aromatic carbocycles. The van der Waals surface area contributed by atoms with Crippen molar-refractivity contribution in [2.75, 3.05) is 37.6 Å². The van der Waals surface area contributed by atoms with E-state index in [1.54, 1.807) is 0 Å². The maximum atomic E-state index is 2.74. The summed E-state index contributed by atoms with van der Waals surface area (Å²) >= 11 is 0. The van der Waals surface area contributed by atoms with Gasteiger partial charge in [-0.05, 0) is 87.2 Å². The highest BCUT2D eigenvalue weighted by Crippen LogP contribution is 2.27. The Morgan fingerprint density at radius 3 is 2.21 bits per heavy atom. The molecule has 2 aliphatic rings. The second-order valence-corrected chi connectivity index (χ2v) is 8.05. The van der Waals surface area contributed by atoms with Gasteiger partial charge in [0.25, 0.3) is 0 Å². The third-order valence-corrected chi connectivity index (χ3v) is 6.49. The van der Waals surface area contributed by atoms with E-state index in [1.807, 2.05) is 0 Å². The number of anilines is 1. The fraction of sp³-hybridized carbons (Fsp3) is 0.727. The zero-order chi connectivity index (χ0) is 16.9. The van der Waals surface area contributed by atoms with Crippen molar-refractivity contribution in [3.05, 3.63) is 29.3 Å². The Kier molecular flexibility index (Phi) is 6.21. The highest BCUT2D eigenvalue weighted by Gasteiger charge is 2.24. The Balaban J connectivity index is 1.47. The van der Waals surface area contributed by atoms with Crippen LogP contribution >= 0.6 is 0 Å². The molecule has 24 heavy (non-hydrogen) atoms. The summed E-state index contributed by atoms with van der Waals surface area (Å²) in [7, 11) is 0. The molecule has 1 aromatic rings. The fourth-order valence-electron chi connectivity index (χ4n) is 4.55. The number of likely N-dealkylation sites (tertiary alicyclic amines) is 1. The van der Waals surface area contributed by atoms with Crippen LogP contribution in [0.15, 0.2) is 18.2 Å². The molecule has 2 heteroatoms. The van der Waals surface area contributed by atoms with Gasteiger partial charge in [0.15, 0.2) is 0 Å². The van der Waals surface area contributed by atoms with Crippen LogP contribution in [-0.2, 0) is 6.42 Å². The van der Waals surface area contributed by atoms with E-state index in [0.717, 1.165) is 18.3 Å². The minimum Gasteiger partial charge on any atom is -0.372 e.